The Balaban J connectivity index is 2.11. The minimum Gasteiger partial charge on any atom is -0.364 e. The summed E-state index contributed by atoms with van der Waals surface area (Å²) < 4.78 is 13.5. The minimum absolute atomic E-state index is 0.0340. The monoisotopic (exact) mass is 243 g/mol. The SMILES string of the molecule is CC1(C)C(N)CC1Nc1ncc(Cl)cc1F. The van der Waals surface area contributed by atoms with Crippen molar-refractivity contribution in [1.29, 1.82) is 0 Å². The average Bonchev–Trinajstić information content (AvgIpc) is 2.21. The fraction of sp³-hybridized carbons (Fsp3) is 0.545. The Bertz CT molecular complexity index is 408. The largest absolute Gasteiger partial charge is 0.364 e. The van der Waals surface area contributed by atoms with Crippen LogP contribution in [0.3, 0.4) is 0 Å². The molecule has 1 aliphatic rings. The number of halogens is 2. The molecule has 1 heterocycles. The van der Waals surface area contributed by atoms with Crippen LogP contribution < -0.4 is 11.1 Å². The topological polar surface area (TPSA) is 50.9 Å². The molecule has 2 unspecified atom stereocenters. The van der Waals surface area contributed by atoms with E-state index in [-0.39, 0.29) is 23.3 Å². The number of rotatable bonds is 2. The van der Waals surface area contributed by atoms with Gasteiger partial charge in [0.1, 0.15) is 0 Å². The van der Waals surface area contributed by atoms with Gasteiger partial charge in [-0.25, -0.2) is 9.37 Å². The Kier molecular flexibility index (Phi) is 2.80. The number of nitrogens with two attached hydrogens (primary N) is 1. The van der Waals surface area contributed by atoms with Crippen molar-refractivity contribution in [3.8, 4) is 0 Å². The van der Waals surface area contributed by atoms with E-state index in [0.29, 0.717) is 5.02 Å². The lowest BCUT2D eigenvalue weighted by Crippen LogP contribution is -2.61. The van der Waals surface area contributed by atoms with Gasteiger partial charge in [0.2, 0.25) is 0 Å². The second-order valence-electron chi connectivity index (χ2n) is 4.84. The fourth-order valence-electron chi connectivity index (χ4n) is 1.89. The summed E-state index contributed by atoms with van der Waals surface area (Å²) >= 11 is 5.63. The van der Waals surface area contributed by atoms with E-state index in [1.165, 1.54) is 12.3 Å². The third-order valence-corrected chi connectivity index (χ3v) is 3.67. The van der Waals surface area contributed by atoms with Crippen molar-refractivity contribution in [3.63, 3.8) is 0 Å². The van der Waals surface area contributed by atoms with E-state index in [2.05, 4.69) is 24.1 Å². The van der Waals surface area contributed by atoms with Gasteiger partial charge in [-0.1, -0.05) is 25.4 Å². The van der Waals surface area contributed by atoms with Crippen LogP contribution in [-0.2, 0) is 0 Å². The molecule has 0 aliphatic heterocycles. The zero-order valence-corrected chi connectivity index (χ0v) is 10.1. The van der Waals surface area contributed by atoms with Gasteiger partial charge < -0.3 is 11.1 Å². The standard InChI is InChI=1S/C11H15ClFN3/c1-11(2)8(14)4-9(11)16-10-7(13)3-6(12)5-15-10/h3,5,8-9H,4,14H2,1-2H3,(H,15,16). The molecule has 2 rings (SSSR count). The first-order valence-electron chi connectivity index (χ1n) is 5.24. The van der Waals surface area contributed by atoms with Gasteiger partial charge in [0.25, 0.3) is 0 Å². The maximum absolute atomic E-state index is 13.5. The number of anilines is 1. The van der Waals surface area contributed by atoms with Crippen molar-refractivity contribution in [1.82, 2.24) is 4.98 Å². The molecule has 0 saturated heterocycles. The van der Waals surface area contributed by atoms with Crippen molar-refractivity contribution in [2.45, 2.75) is 32.4 Å². The summed E-state index contributed by atoms with van der Waals surface area (Å²) in [5.41, 5.74) is 5.85. The lowest BCUT2D eigenvalue weighted by Gasteiger charge is -2.50. The van der Waals surface area contributed by atoms with Gasteiger partial charge in [-0.2, -0.15) is 0 Å². The Hall–Kier alpha value is -0.870. The molecule has 5 heteroatoms. The van der Waals surface area contributed by atoms with Gasteiger partial charge >= 0.3 is 0 Å². The van der Waals surface area contributed by atoms with Crippen LogP contribution in [0.25, 0.3) is 0 Å². The van der Waals surface area contributed by atoms with Crippen LogP contribution in [0.4, 0.5) is 10.2 Å². The first-order chi connectivity index (χ1) is 7.41. The Morgan fingerprint density at radius 2 is 2.31 bits per heavy atom. The molecule has 0 aromatic carbocycles. The van der Waals surface area contributed by atoms with Crippen molar-refractivity contribution in [3.05, 3.63) is 23.1 Å². The summed E-state index contributed by atoms with van der Waals surface area (Å²) in [5, 5.41) is 3.37. The smallest absolute Gasteiger partial charge is 0.166 e. The van der Waals surface area contributed by atoms with Gasteiger partial charge in [0, 0.05) is 23.7 Å². The summed E-state index contributed by atoms with van der Waals surface area (Å²) in [4.78, 5) is 3.93. The third kappa shape index (κ3) is 1.87. The van der Waals surface area contributed by atoms with E-state index in [4.69, 9.17) is 17.3 Å². The van der Waals surface area contributed by atoms with Gasteiger partial charge in [0.15, 0.2) is 11.6 Å². The number of nitrogens with one attached hydrogen (secondary N) is 1. The normalized spacial score (nSPS) is 27.3. The van der Waals surface area contributed by atoms with Crippen LogP contribution in [0.5, 0.6) is 0 Å². The summed E-state index contributed by atoms with van der Waals surface area (Å²) in [7, 11) is 0. The number of aromatic nitrogens is 1. The molecular weight excluding hydrogens is 229 g/mol. The van der Waals surface area contributed by atoms with Crippen LogP contribution in [0.1, 0.15) is 20.3 Å². The Morgan fingerprint density at radius 3 is 2.81 bits per heavy atom. The lowest BCUT2D eigenvalue weighted by atomic mass is 9.63. The highest BCUT2D eigenvalue weighted by molar-refractivity contribution is 6.30. The number of hydrogen-bond acceptors (Lipinski definition) is 3. The van der Waals surface area contributed by atoms with Crippen molar-refractivity contribution < 1.29 is 4.39 Å². The molecule has 0 bridgehead atoms. The molecule has 1 aromatic rings. The lowest BCUT2D eigenvalue weighted by molar-refractivity contribution is 0.116. The van der Waals surface area contributed by atoms with E-state index in [9.17, 15) is 4.39 Å². The first kappa shape index (κ1) is 11.6. The molecule has 3 nitrogen and oxygen atoms in total. The van der Waals surface area contributed by atoms with E-state index in [1.807, 2.05) is 0 Å². The van der Waals surface area contributed by atoms with E-state index >= 15 is 0 Å². The molecule has 1 saturated carbocycles. The molecule has 0 radical (unpaired) electrons. The number of hydrogen-bond donors (Lipinski definition) is 2. The van der Waals surface area contributed by atoms with Crippen LogP contribution in [0.2, 0.25) is 5.02 Å². The molecular formula is C11H15ClFN3. The third-order valence-electron chi connectivity index (χ3n) is 3.46. The minimum atomic E-state index is -0.427. The van der Waals surface area contributed by atoms with Crippen molar-refractivity contribution >= 4 is 17.4 Å². The van der Waals surface area contributed by atoms with Crippen LogP contribution in [-0.4, -0.2) is 17.1 Å². The second-order valence-corrected chi connectivity index (χ2v) is 5.28. The Morgan fingerprint density at radius 1 is 1.62 bits per heavy atom. The highest BCUT2D eigenvalue weighted by Crippen LogP contribution is 2.40. The Labute approximate surface area is 99.2 Å². The molecule has 0 amide bonds. The molecule has 16 heavy (non-hydrogen) atoms. The first-order valence-corrected chi connectivity index (χ1v) is 5.62. The van der Waals surface area contributed by atoms with Crippen LogP contribution in [0.15, 0.2) is 12.3 Å². The van der Waals surface area contributed by atoms with Gasteiger partial charge in [-0.3, -0.25) is 0 Å². The fourth-order valence-corrected chi connectivity index (χ4v) is 2.03. The zero-order chi connectivity index (χ0) is 11.9. The molecule has 1 aromatic heterocycles. The van der Waals surface area contributed by atoms with E-state index in [1.54, 1.807) is 0 Å². The van der Waals surface area contributed by atoms with Crippen LogP contribution >= 0.6 is 11.6 Å². The van der Waals surface area contributed by atoms with Crippen molar-refractivity contribution in [2.75, 3.05) is 5.32 Å². The molecule has 1 fully saturated rings. The maximum Gasteiger partial charge on any atom is 0.166 e. The molecule has 88 valence electrons. The quantitative estimate of drug-likeness (QED) is 0.839. The molecule has 0 spiro atoms. The molecule has 2 atom stereocenters. The molecule has 1 aliphatic carbocycles. The van der Waals surface area contributed by atoms with Gasteiger partial charge in [0.05, 0.1) is 5.02 Å². The van der Waals surface area contributed by atoms with E-state index in [0.717, 1.165) is 6.42 Å². The predicted octanol–water partition coefficient (Wildman–Crippen LogP) is 2.41. The van der Waals surface area contributed by atoms with E-state index < -0.39 is 5.82 Å². The van der Waals surface area contributed by atoms with Crippen LogP contribution in [0, 0.1) is 11.2 Å². The predicted molar refractivity (Wildman–Crippen MR) is 63.0 cm³/mol. The maximum atomic E-state index is 13.5. The van der Waals surface area contributed by atoms with Gasteiger partial charge in [-0.15, -0.1) is 0 Å². The number of nitrogens with zero attached hydrogens (tertiary/aromatic N) is 1. The number of pyridine rings is 1. The van der Waals surface area contributed by atoms with Gasteiger partial charge in [-0.05, 0) is 12.5 Å². The molecule has 3 N–H and O–H groups in total. The summed E-state index contributed by atoms with van der Waals surface area (Å²) in [6.07, 6.45) is 2.26. The highest BCUT2D eigenvalue weighted by Gasteiger charge is 2.46. The summed E-state index contributed by atoms with van der Waals surface area (Å²) in [6, 6.07) is 1.56. The van der Waals surface area contributed by atoms with Crippen molar-refractivity contribution in [2.24, 2.45) is 11.1 Å². The average molecular weight is 244 g/mol. The highest BCUT2D eigenvalue weighted by atomic mass is 35.5. The zero-order valence-electron chi connectivity index (χ0n) is 9.30. The summed E-state index contributed by atoms with van der Waals surface area (Å²) in [6.45, 7) is 4.12. The summed E-state index contributed by atoms with van der Waals surface area (Å²) in [5.74, 6) is -0.182. The second kappa shape index (κ2) is 3.86.